The van der Waals surface area contributed by atoms with Crippen LogP contribution in [0.25, 0.3) is 0 Å². The Labute approximate surface area is 121 Å². The van der Waals surface area contributed by atoms with Gasteiger partial charge < -0.3 is 10.8 Å². The highest BCUT2D eigenvalue weighted by atomic mass is 79.9. The third-order valence-corrected chi connectivity index (χ3v) is 5.94. The fourth-order valence-corrected chi connectivity index (χ4v) is 4.41. The van der Waals surface area contributed by atoms with Crippen molar-refractivity contribution in [3.05, 3.63) is 22.2 Å². The molecule has 3 N–H and O–H groups in total. The molecule has 1 saturated carbocycles. The Kier molecular flexibility index (Phi) is 4.20. The molecule has 0 saturated heterocycles. The number of sulfonamides is 1. The zero-order valence-electron chi connectivity index (χ0n) is 10.6. The van der Waals surface area contributed by atoms with E-state index in [9.17, 15) is 8.42 Å². The van der Waals surface area contributed by atoms with Crippen LogP contribution in [0.4, 0.5) is 5.69 Å². The monoisotopic (exact) mass is 348 g/mol. The summed E-state index contributed by atoms with van der Waals surface area (Å²) >= 11 is 3.28. The van der Waals surface area contributed by atoms with E-state index in [0.717, 1.165) is 12.8 Å². The predicted octanol–water partition coefficient (Wildman–Crippen LogP) is 1.49. The summed E-state index contributed by atoms with van der Waals surface area (Å²) in [6, 6.07) is 3.19. The van der Waals surface area contributed by atoms with Crippen LogP contribution in [0.2, 0.25) is 0 Å². The maximum Gasteiger partial charge on any atom is 0.243 e. The number of benzene rings is 1. The van der Waals surface area contributed by atoms with Crippen LogP contribution >= 0.6 is 15.9 Å². The normalized spacial score (nSPS) is 16.0. The lowest BCUT2D eigenvalue weighted by atomic mass is 10.2. The number of aliphatic hydroxyl groups is 1. The van der Waals surface area contributed by atoms with Crippen LogP contribution in [0.1, 0.15) is 18.4 Å². The molecular formula is C12H17BrN2O3S. The minimum absolute atomic E-state index is 0.0152. The SMILES string of the molecule is Cc1cc(Br)c(N)cc1S(=O)(=O)N(CCO)C1CC1. The van der Waals surface area contributed by atoms with Crippen LogP contribution in [0.5, 0.6) is 0 Å². The van der Waals surface area contributed by atoms with Crippen LogP contribution in [-0.2, 0) is 10.0 Å². The number of aryl methyl sites for hydroxylation is 1. The van der Waals surface area contributed by atoms with Crippen LogP contribution < -0.4 is 5.73 Å². The lowest BCUT2D eigenvalue weighted by molar-refractivity contribution is 0.250. The van der Waals surface area contributed by atoms with Gasteiger partial charge >= 0.3 is 0 Å². The highest BCUT2D eigenvalue weighted by Crippen LogP contribution is 2.34. The molecule has 0 radical (unpaired) electrons. The second-order valence-corrected chi connectivity index (χ2v) is 7.42. The number of hydrogen-bond donors (Lipinski definition) is 2. The number of anilines is 1. The first-order valence-electron chi connectivity index (χ1n) is 6.06. The minimum Gasteiger partial charge on any atom is -0.398 e. The topological polar surface area (TPSA) is 83.6 Å². The van der Waals surface area contributed by atoms with Gasteiger partial charge in [0.2, 0.25) is 10.0 Å². The van der Waals surface area contributed by atoms with Crippen LogP contribution in [0, 0.1) is 6.92 Å². The first kappa shape index (κ1) is 14.8. The van der Waals surface area contributed by atoms with Crippen molar-refractivity contribution in [3.8, 4) is 0 Å². The van der Waals surface area contributed by atoms with E-state index in [2.05, 4.69) is 15.9 Å². The largest absolute Gasteiger partial charge is 0.398 e. The Morgan fingerprint density at radius 3 is 2.63 bits per heavy atom. The number of rotatable bonds is 5. The Hall–Kier alpha value is -0.630. The minimum atomic E-state index is -3.60. The average Bonchev–Trinajstić information content (AvgIpc) is 3.14. The molecule has 1 aromatic rings. The van der Waals surface area contributed by atoms with Crippen LogP contribution in [0.3, 0.4) is 0 Å². The van der Waals surface area contributed by atoms with Gasteiger partial charge in [0, 0.05) is 22.7 Å². The molecule has 0 aliphatic heterocycles. The maximum atomic E-state index is 12.6. The molecule has 19 heavy (non-hydrogen) atoms. The molecule has 0 unspecified atom stereocenters. The number of halogens is 1. The highest BCUT2D eigenvalue weighted by molar-refractivity contribution is 9.10. The van der Waals surface area contributed by atoms with Gasteiger partial charge in [0.05, 0.1) is 11.5 Å². The number of aliphatic hydroxyl groups excluding tert-OH is 1. The first-order chi connectivity index (χ1) is 8.87. The average molecular weight is 349 g/mol. The third-order valence-electron chi connectivity index (χ3n) is 3.16. The van der Waals surface area contributed by atoms with Gasteiger partial charge in [-0.2, -0.15) is 4.31 Å². The summed E-state index contributed by atoms with van der Waals surface area (Å²) in [4.78, 5) is 0.216. The first-order valence-corrected chi connectivity index (χ1v) is 8.29. The molecule has 1 aliphatic carbocycles. The number of nitrogens with two attached hydrogens (primary N) is 1. The summed E-state index contributed by atoms with van der Waals surface area (Å²) in [7, 11) is -3.60. The van der Waals surface area contributed by atoms with E-state index in [1.54, 1.807) is 13.0 Å². The van der Waals surface area contributed by atoms with E-state index < -0.39 is 10.0 Å². The fraction of sp³-hybridized carbons (Fsp3) is 0.500. The Morgan fingerprint density at radius 2 is 2.11 bits per heavy atom. The molecule has 5 nitrogen and oxygen atoms in total. The van der Waals surface area contributed by atoms with E-state index >= 15 is 0 Å². The second-order valence-electron chi connectivity index (χ2n) is 4.71. The summed E-state index contributed by atoms with van der Waals surface area (Å²) < 4.78 is 27.3. The quantitative estimate of drug-likeness (QED) is 0.789. The van der Waals surface area contributed by atoms with Gasteiger partial charge in [0.1, 0.15) is 0 Å². The van der Waals surface area contributed by atoms with Crippen molar-refractivity contribution >= 4 is 31.6 Å². The van der Waals surface area contributed by atoms with Gasteiger partial charge in [-0.3, -0.25) is 0 Å². The number of hydrogen-bond acceptors (Lipinski definition) is 4. The summed E-state index contributed by atoms with van der Waals surface area (Å²) in [6.07, 6.45) is 1.70. The van der Waals surface area contributed by atoms with Crippen molar-refractivity contribution in [3.63, 3.8) is 0 Å². The van der Waals surface area contributed by atoms with Gasteiger partial charge in [0.25, 0.3) is 0 Å². The summed E-state index contributed by atoms with van der Waals surface area (Å²) in [6.45, 7) is 1.68. The van der Waals surface area contributed by atoms with Gasteiger partial charge in [0.15, 0.2) is 0 Å². The molecule has 106 valence electrons. The van der Waals surface area contributed by atoms with E-state index in [1.807, 2.05) is 0 Å². The fourth-order valence-electron chi connectivity index (χ4n) is 2.03. The molecular weight excluding hydrogens is 332 g/mol. The molecule has 0 aromatic heterocycles. The van der Waals surface area contributed by atoms with Gasteiger partial charge in [-0.15, -0.1) is 0 Å². The van der Waals surface area contributed by atoms with Crippen molar-refractivity contribution in [2.75, 3.05) is 18.9 Å². The maximum absolute atomic E-state index is 12.6. The van der Waals surface area contributed by atoms with Crippen molar-refractivity contribution in [1.29, 1.82) is 0 Å². The zero-order valence-corrected chi connectivity index (χ0v) is 13.0. The van der Waals surface area contributed by atoms with E-state index in [0.29, 0.717) is 15.7 Å². The van der Waals surface area contributed by atoms with Gasteiger partial charge in [-0.1, -0.05) is 0 Å². The smallest absolute Gasteiger partial charge is 0.243 e. The van der Waals surface area contributed by atoms with Crippen molar-refractivity contribution in [1.82, 2.24) is 4.31 Å². The summed E-state index contributed by atoms with van der Waals surface area (Å²) in [5.41, 5.74) is 6.81. The van der Waals surface area contributed by atoms with E-state index in [-0.39, 0.29) is 24.1 Å². The summed E-state index contributed by atoms with van der Waals surface area (Å²) in [5, 5.41) is 9.05. The second kappa shape index (κ2) is 5.40. The van der Waals surface area contributed by atoms with Crippen molar-refractivity contribution in [2.45, 2.75) is 30.7 Å². The lowest BCUT2D eigenvalue weighted by Gasteiger charge is -2.22. The van der Waals surface area contributed by atoms with E-state index in [4.69, 9.17) is 10.8 Å². The Balaban J connectivity index is 2.46. The molecule has 0 atom stereocenters. The Morgan fingerprint density at radius 1 is 1.47 bits per heavy atom. The Bertz CT molecular complexity index is 585. The predicted molar refractivity (Wildman–Crippen MR) is 77.3 cm³/mol. The molecule has 0 bridgehead atoms. The van der Waals surface area contributed by atoms with Crippen LogP contribution in [0.15, 0.2) is 21.5 Å². The van der Waals surface area contributed by atoms with Crippen LogP contribution in [-0.4, -0.2) is 37.0 Å². The molecule has 0 spiro atoms. The molecule has 2 rings (SSSR count). The standard InChI is InChI=1S/C12H17BrN2O3S/c1-8-6-10(13)11(14)7-12(8)19(17,18)15(4-5-16)9-2-3-9/h6-7,9,16H,2-5,14H2,1H3. The third kappa shape index (κ3) is 2.94. The zero-order chi connectivity index (χ0) is 14.2. The molecule has 1 fully saturated rings. The molecule has 1 aliphatic rings. The van der Waals surface area contributed by atoms with Gasteiger partial charge in [-0.25, -0.2) is 8.42 Å². The van der Waals surface area contributed by atoms with Gasteiger partial charge in [-0.05, 0) is 53.4 Å². The molecule has 0 amide bonds. The summed E-state index contributed by atoms with van der Waals surface area (Å²) in [5.74, 6) is 0. The van der Waals surface area contributed by atoms with Crippen molar-refractivity contribution < 1.29 is 13.5 Å². The molecule has 1 aromatic carbocycles. The van der Waals surface area contributed by atoms with Crippen molar-refractivity contribution in [2.24, 2.45) is 0 Å². The number of nitrogen functional groups attached to an aromatic ring is 1. The molecule has 0 heterocycles. The van der Waals surface area contributed by atoms with E-state index in [1.165, 1.54) is 10.4 Å². The molecule has 7 heteroatoms. The number of nitrogens with zero attached hydrogens (tertiary/aromatic N) is 1. The lowest BCUT2D eigenvalue weighted by Crippen LogP contribution is -2.35. The highest BCUT2D eigenvalue weighted by Gasteiger charge is 2.38.